The molecule has 10 heteroatoms. The lowest BCUT2D eigenvalue weighted by atomic mass is 9.94. The van der Waals surface area contributed by atoms with E-state index in [4.69, 9.17) is 16.3 Å². The Kier molecular flexibility index (Phi) is 6.45. The topological polar surface area (TPSA) is 142 Å². The zero-order valence-corrected chi connectivity index (χ0v) is 17.0. The van der Waals surface area contributed by atoms with E-state index < -0.39 is 34.9 Å². The Labute approximate surface area is 182 Å². The summed E-state index contributed by atoms with van der Waals surface area (Å²) in [5.74, 6) is -3.67. The van der Waals surface area contributed by atoms with Crippen molar-refractivity contribution >= 4 is 35.0 Å². The standard InChI is InChI=1S/C21H19ClN2O7/c1-2-6-23-19-11-5-7-31-21(30)17-10(18(22)14(26)9-13(17)25)3-4-16(28)24-12(20(11)29)8-15(19)27/h2,8-9,23,25-26H,1,3-7H2,(H,24,28). The maximum Gasteiger partial charge on any atom is 0.342 e. The minimum Gasteiger partial charge on any atom is -0.507 e. The van der Waals surface area contributed by atoms with Gasteiger partial charge in [-0.2, -0.15) is 0 Å². The Morgan fingerprint density at radius 2 is 1.90 bits per heavy atom. The Morgan fingerprint density at radius 1 is 1.16 bits per heavy atom. The molecule has 0 radical (unpaired) electrons. The van der Waals surface area contributed by atoms with E-state index in [0.29, 0.717) is 0 Å². The van der Waals surface area contributed by atoms with Gasteiger partial charge in [0, 0.05) is 37.1 Å². The molecule has 0 unspecified atom stereocenters. The van der Waals surface area contributed by atoms with Gasteiger partial charge in [-0.3, -0.25) is 14.4 Å². The van der Waals surface area contributed by atoms with Gasteiger partial charge in [0.1, 0.15) is 17.1 Å². The summed E-state index contributed by atoms with van der Waals surface area (Å²) < 4.78 is 5.20. The Bertz CT molecular complexity index is 1070. The quantitative estimate of drug-likeness (QED) is 0.310. The second kappa shape index (κ2) is 9.05. The van der Waals surface area contributed by atoms with Gasteiger partial charge in [0.15, 0.2) is 0 Å². The van der Waals surface area contributed by atoms with Crippen molar-refractivity contribution in [1.29, 1.82) is 0 Å². The molecule has 31 heavy (non-hydrogen) atoms. The number of hydrogen-bond donors (Lipinski definition) is 4. The molecule has 1 aromatic rings. The van der Waals surface area contributed by atoms with Crippen LogP contribution in [-0.2, 0) is 25.5 Å². The zero-order valence-electron chi connectivity index (χ0n) is 16.3. The van der Waals surface area contributed by atoms with Crippen LogP contribution in [0.5, 0.6) is 11.5 Å². The largest absolute Gasteiger partial charge is 0.507 e. The molecular formula is C21H19ClN2O7. The highest BCUT2D eigenvalue weighted by molar-refractivity contribution is 6.33. The number of hydrogen-bond acceptors (Lipinski definition) is 8. The van der Waals surface area contributed by atoms with Crippen LogP contribution in [0.3, 0.4) is 0 Å². The van der Waals surface area contributed by atoms with Crippen LogP contribution < -0.4 is 10.6 Å². The smallest absolute Gasteiger partial charge is 0.342 e. The van der Waals surface area contributed by atoms with Crippen LogP contribution in [-0.4, -0.2) is 46.8 Å². The van der Waals surface area contributed by atoms with Gasteiger partial charge in [0.2, 0.25) is 17.5 Å². The number of Topliss-reactive ketones (excluding diaryl/α,β-unsaturated/α-hetero) is 1. The molecule has 2 aliphatic rings. The number of phenols is 2. The molecule has 162 valence electrons. The molecule has 9 nitrogen and oxygen atoms in total. The number of carbonyl (C=O) groups is 4. The van der Waals surface area contributed by atoms with Gasteiger partial charge in [-0.25, -0.2) is 4.79 Å². The fraction of sp³-hybridized carbons (Fsp3) is 0.238. The van der Waals surface area contributed by atoms with Crippen LogP contribution in [0.25, 0.3) is 0 Å². The van der Waals surface area contributed by atoms with Crippen molar-refractivity contribution in [3.63, 3.8) is 0 Å². The highest BCUT2D eigenvalue weighted by Crippen LogP contribution is 2.37. The van der Waals surface area contributed by atoms with Crippen LogP contribution in [0.2, 0.25) is 5.02 Å². The first-order chi connectivity index (χ1) is 14.7. The van der Waals surface area contributed by atoms with E-state index in [1.54, 1.807) is 0 Å². The molecule has 1 aliphatic carbocycles. The molecule has 0 fully saturated rings. The van der Waals surface area contributed by atoms with E-state index in [1.165, 1.54) is 6.08 Å². The predicted octanol–water partition coefficient (Wildman–Crippen LogP) is 1.43. The number of phenolic OH excluding ortho intramolecular Hbond substituents is 2. The minimum atomic E-state index is -0.944. The number of nitrogens with one attached hydrogen (secondary N) is 2. The second-order valence-corrected chi connectivity index (χ2v) is 7.17. The summed E-state index contributed by atoms with van der Waals surface area (Å²) in [7, 11) is 0. The molecular weight excluding hydrogens is 428 g/mol. The van der Waals surface area contributed by atoms with Crippen molar-refractivity contribution in [3.05, 3.63) is 57.9 Å². The van der Waals surface area contributed by atoms with Crippen LogP contribution in [0.4, 0.5) is 0 Å². The maximum atomic E-state index is 12.9. The number of rotatable bonds is 3. The predicted molar refractivity (Wildman–Crippen MR) is 109 cm³/mol. The van der Waals surface area contributed by atoms with Crippen molar-refractivity contribution in [2.75, 3.05) is 13.2 Å². The van der Waals surface area contributed by atoms with Crippen molar-refractivity contribution in [2.24, 2.45) is 0 Å². The lowest BCUT2D eigenvalue weighted by Crippen LogP contribution is -2.35. The van der Waals surface area contributed by atoms with E-state index in [-0.39, 0.29) is 65.5 Å². The fourth-order valence-electron chi connectivity index (χ4n) is 3.31. The molecule has 0 atom stereocenters. The van der Waals surface area contributed by atoms with Crippen molar-refractivity contribution in [3.8, 4) is 11.5 Å². The average molecular weight is 447 g/mol. The second-order valence-electron chi connectivity index (χ2n) is 6.79. The van der Waals surface area contributed by atoms with Crippen LogP contribution in [0.1, 0.15) is 28.8 Å². The monoisotopic (exact) mass is 446 g/mol. The van der Waals surface area contributed by atoms with Gasteiger partial charge >= 0.3 is 5.97 Å². The van der Waals surface area contributed by atoms with Gasteiger partial charge in [0.25, 0.3) is 0 Å². The third-order valence-electron chi connectivity index (χ3n) is 4.75. The van der Waals surface area contributed by atoms with Crippen molar-refractivity contribution in [2.45, 2.75) is 19.3 Å². The normalized spacial score (nSPS) is 17.4. The number of ether oxygens (including phenoxy) is 1. The third-order valence-corrected chi connectivity index (χ3v) is 5.17. The molecule has 1 aliphatic heterocycles. The molecule has 3 rings (SSSR count). The molecule has 0 saturated heterocycles. The van der Waals surface area contributed by atoms with Gasteiger partial charge in [-0.15, -0.1) is 6.58 Å². The fourth-order valence-corrected chi connectivity index (χ4v) is 3.55. The average Bonchev–Trinajstić information content (AvgIpc) is 2.71. The van der Waals surface area contributed by atoms with E-state index >= 15 is 0 Å². The zero-order chi connectivity index (χ0) is 22.7. The maximum absolute atomic E-state index is 12.9. The molecule has 1 heterocycles. The van der Waals surface area contributed by atoms with Crippen LogP contribution in [0, 0.1) is 0 Å². The van der Waals surface area contributed by atoms with E-state index in [9.17, 15) is 29.4 Å². The van der Waals surface area contributed by atoms with Crippen molar-refractivity contribution in [1.82, 2.24) is 10.6 Å². The van der Waals surface area contributed by atoms with Crippen molar-refractivity contribution < 1.29 is 34.1 Å². The number of aromatic hydroxyl groups is 2. The van der Waals surface area contributed by atoms with Gasteiger partial charge in [-0.05, 0) is 12.0 Å². The molecule has 0 saturated carbocycles. The highest BCUT2D eigenvalue weighted by atomic mass is 35.5. The molecule has 1 amide bonds. The van der Waals surface area contributed by atoms with Crippen LogP contribution >= 0.6 is 11.6 Å². The minimum absolute atomic E-state index is 0.0324. The number of benzene rings is 1. The summed E-state index contributed by atoms with van der Waals surface area (Å²) in [4.78, 5) is 50.4. The first-order valence-corrected chi connectivity index (χ1v) is 9.71. The highest BCUT2D eigenvalue weighted by Gasteiger charge is 2.31. The number of fused-ring (bicyclic) bond motifs is 3. The summed E-state index contributed by atoms with van der Waals surface area (Å²) in [6.45, 7) is 3.48. The van der Waals surface area contributed by atoms with E-state index in [1.807, 2.05) is 0 Å². The Morgan fingerprint density at radius 3 is 2.61 bits per heavy atom. The molecule has 4 N–H and O–H groups in total. The number of cyclic esters (lactones) is 1. The van der Waals surface area contributed by atoms with Gasteiger partial charge < -0.3 is 25.6 Å². The summed E-state index contributed by atoms with van der Waals surface area (Å²) in [6.07, 6.45) is 2.03. The SMILES string of the molecule is C=CCNC1=C2CCOC(=O)c3c(O)cc(O)c(Cl)c3CCC(=O)NC(=CC1=O)C2=O. The summed E-state index contributed by atoms with van der Waals surface area (Å²) in [5, 5.41) is 25.1. The number of carbonyl (C=O) groups excluding carboxylic acids is 4. The molecule has 0 aromatic heterocycles. The summed E-state index contributed by atoms with van der Waals surface area (Å²) >= 11 is 6.09. The van der Waals surface area contributed by atoms with Crippen LogP contribution in [0.15, 0.2) is 41.8 Å². The lowest BCUT2D eigenvalue weighted by Gasteiger charge is -2.20. The Balaban J connectivity index is 2.03. The molecule has 2 bridgehead atoms. The number of esters is 1. The van der Waals surface area contributed by atoms with Gasteiger partial charge in [-0.1, -0.05) is 17.7 Å². The number of ketones is 2. The third kappa shape index (κ3) is 4.46. The summed E-state index contributed by atoms with van der Waals surface area (Å²) in [5.41, 5.74) is -0.358. The first-order valence-electron chi connectivity index (χ1n) is 9.33. The molecule has 1 aromatic carbocycles. The lowest BCUT2D eigenvalue weighted by molar-refractivity contribution is -0.122. The van der Waals surface area contributed by atoms with E-state index in [0.717, 1.165) is 12.1 Å². The number of halogens is 1. The van der Waals surface area contributed by atoms with Gasteiger partial charge in [0.05, 0.1) is 23.0 Å². The summed E-state index contributed by atoms with van der Waals surface area (Å²) in [6, 6.07) is 0.903. The molecule has 0 spiro atoms. The number of amides is 1. The number of allylic oxidation sites excluding steroid dienone is 2. The van der Waals surface area contributed by atoms with E-state index in [2.05, 4.69) is 17.2 Å². The first kappa shape index (κ1) is 22.1. The Hall–Kier alpha value is -3.59.